The molecule has 6 nitrogen and oxygen atoms in total. The smallest absolute Gasteiger partial charge is 0.266 e. The van der Waals surface area contributed by atoms with Crippen molar-refractivity contribution in [2.75, 3.05) is 18.4 Å². The van der Waals surface area contributed by atoms with Crippen LogP contribution >= 0.6 is 0 Å². The van der Waals surface area contributed by atoms with Crippen molar-refractivity contribution in [3.63, 3.8) is 0 Å². The summed E-state index contributed by atoms with van der Waals surface area (Å²) in [6.45, 7) is 5.78. The van der Waals surface area contributed by atoms with Gasteiger partial charge < -0.3 is 14.8 Å². The first-order valence-electron chi connectivity index (χ1n) is 11.3. The Bertz CT molecular complexity index is 1250. The van der Waals surface area contributed by atoms with E-state index in [0.29, 0.717) is 5.69 Å². The number of nitrogens with zero attached hydrogens (tertiary/aromatic N) is 3. The van der Waals surface area contributed by atoms with Gasteiger partial charge in [-0.2, -0.15) is 5.26 Å². The average molecular weight is 441 g/mol. The molecule has 0 unspecified atom stereocenters. The van der Waals surface area contributed by atoms with E-state index in [0.717, 1.165) is 53.5 Å². The molecule has 0 aliphatic carbocycles. The van der Waals surface area contributed by atoms with Gasteiger partial charge in [0.15, 0.2) is 0 Å². The fraction of sp³-hybridized carbons (Fsp3) is 0.296. The van der Waals surface area contributed by atoms with E-state index in [1.165, 1.54) is 6.42 Å². The van der Waals surface area contributed by atoms with Gasteiger partial charge in [0, 0.05) is 41.4 Å². The van der Waals surface area contributed by atoms with Gasteiger partial charge in [-0.1, -0.05) is 24.3 Å². The van der Waals surface area contributed by atoms with Gasteiger partial charge in [-0.25, -0.2) is 0 Å². The number of aromatic nitrogens is 1. The Morgan fingerprint density at radius 3 is 2.45 bits per heavy atom. The number of para-hydroxylation sites is 1. The zero-order valence-electron chi connectivity index (χ0n) is 19.1. The second kappa shape index (κ2) is 9.74. The van der Waals surface area contributed by atoms with E-state index < -0.39 is 5.91 Å². The molecule has 0 bridgehead atoms. The number of nitriles is 1. The average Bonchev–Trinajstić information content (AvgIpc) is 3.14. The monoisotopic (exact) mass is 440 g/mol. The van der Waals surface area contributed by atoms with E-state index in [1.54, 1.807) is 6.08 Å². The van der Waals surface area contributed by atoms with Crippen LogP contribution in [-0.4, -0.2) is 34.4 Å². The first-order chi connectivity index (χ1) is 15.9. The van der Waals surface area contributed by atoms with Gasteiger partial charge in [0.2, 0.25) is 5.91 Å². The van der Waals surface area contributed by atoms with Crippen molar-refractivity contribution < 1.29 is 9.59 Å². The molecule has 1 N–H and O–H groups in total. The number of likely N-dealkylation sites (tertiary alicyclic amines) is 1. The lowest BCUT2D eigenvalue weighted by Crippen LogP contribution is -2.37. The Hall–Kier alpha value is -3.85. The van der Waals surface area contributed by atoms with Crippen LogP contribution in [0.15, 0.2) is 54.2 Å². The highest BCUT2D eigenvalue weighted by Gasteiger charge is 2.19. The van der Waals surface area contributed by atoms with Gasteiger partial charge in [-0.05, 0) is 68.5 Å². The third kappa shape index (κ3) is 5.15. The van der Waals surface area contributed by atoms with E-state index in [-0.39, 0.29) is 18.0 Å². The summed E-state index contributed by atoms with van der Waals surface area (Å²) in [4.78, 5) is 27.6. The number of amides is 2. The highest BCUT2D eigenvalue weighted by Crippen LogP contribution is 2.25. The second-order valence-electron chi connectivity index (χ2n) is 8.67. The van der Waals surface area contributed by atoms with Crippen molar-refractivity contribution in [1.82, 2.24) is 9.47 Å². The van der Waals surface area contributed by atoms with E-state index in [2.05, 4.69) is 5.32 Å². The number of fused-ring (bicyclic) bond motifs is 1. The Morgan fingerprint density at radius 2 is 1.76 bits per heavy atom. The lowest BCUT2D eigenvalue weighted by molar-refractivity contribution is -0.132. The van der Waals surface area contributed by atoms with Gasteiger partial charge in [-0.3, -0.25) is 9.59 Å². The largest absolute Gasteiger partial charge is 0.341 e. The molecule has 0 radical (unpaired) electrons. The first kappa shape index (κ1) is 22.3. The van der Waals surface area contributed by atoms with Crippen LogP contribution in [0.1, 0.15) is 36.0 Å². The molecule has 3 aromatic rings. The molecule has 0 saturated carbocycles. The molecule has 6 heteroatoms. The number of benzene rings is 2. The number of nitrogens with one attached hydrogen (secondary N) is 1. The number of hydrogen-bond acceptors (Lipinski definition) is 3. The lowest BCUT2D eigenvalue weighted by Gasteiger charge is -2.27. The number of anilines is 1. The molecule has 2 aromatic carbocycles. The highest BCUT2D eigenvalue weighted by atomic mass is 16.2. The van der Waals surface area contributed by atoms with Crippen LogP contribution in [0.3, 0.4) is 0 Å². The minimum Gasteiger partial charge on any atom is -0.341 e. The summed E-state index contributed by atoms with van der Waals surface area (Å²) < 4.78 is 1.91. The van der Waals surface area contributed by atoms with E-state index >= 15 is 0 Å². The molecule has 2 heterocycles. The van der Waals surface area contributed by atoms with Gasteiger partial charge in [0.05, 0.1) is 0 Å². The number of hydrogen-bond donors (Lipinski definition) is 1. The van der Waals surface area contributed by atoms with Crippen LogP contribution in [0.5, 0.6) is 0 Å². The van der Waals surface area contributed by atoms with Crippen molar-refractivity contribution >= 4 is 34.5 Å². The number of carbonyl (C=O) groups excluding carboxylic acids is 2. The van der Waals surface area contributed by atoms with Gasteiger partial charge in [-0.15, -0.1) is 0 Å². The first-order valence-corrected chi connectivity index (χ1v) is 11.3. The molecule has 2 amide bonds. The lowest BCUT2D eigenvalue weighted by atomic mass is 10.1. The summed E-state index contributed by atoms with van der Waals surface area (Å²) in [5.41, 5.74) is 4.39. The molecule has 1 aliphatic heterocycles. The number of piperidine rings is 1. The Balaban J connectivity index is 1.61. The molecular formula is C27H28N4O2. The van der Waals surface area contributed by atoms with Crippen LogP contribution in [-0.2, 0) is 16.1 Å². The number of rotatable bonds is 5. The maximum absolute atomic E-state index is 12.8. The van der Waals surface area contributed by atoms with Gasteiger partial charge >= 0.3 is 0 Å². The summed E-state index contributed by atoms with van der Waals surface area (Å²) >= 11 is 0. The van der Waals surface area contributed by atoms with Crippen LogP contribution in [0.2, 0.25) is 0 Å². The Morgan fingerprint density at radius 1 is 1.06 bits per heavy atom. The molecule has 1 saturated heterocycles. The van der Waals surface area contributed by atoms with E-state index in [4.69, 9.17) is 0 Å². The predicted molar refractivity (Wildman–Crippen MR) is 131 cm³/mol. The van der Waals surface area contributed by atoms with Crippen LogP contribution in [0.25, 0.3) is 17.0 Å². The zero-order chi connectivity index (χ0) is 23.4. The second-order valence-corrected chi connectivity index (χ2v) is 8.67. The molecule has 1 aliphatic rings. The topological polar surface area (TPSA) is 78.1 Å². The maximum Gasteiger partial charge on any atom is 0.266 e. The minimum absolute atomic E-state index is 0.0134. The quantitative estimate of drug-likeness (QED) is 0.457. The third-order valence-corrected chi connectivity index (χ3v) is 5.98. The molecule has 168 valence electrons. The Kier molecular flexibility index (Phi) is 6.60. The van der Waals surface area contributed by atoms with Crippen molar-refractivity contribution in [2.45, 2.75) is 39.7 Å². The molecule has 33 heavy (non-hydrogen) atoms. The van der Waals surface area contributed by atoms with E-state index in [9.17, 15) is 14.9 Å². The highest BCUT2D eigenvalue weighted by molar-refractivity contribution is 6.10. The molecule has 1 aromatic heterocycles. The maximum atomic E-state index is 12.8. The summed E-state index contributed by atoms with van der Waals surface area (Å²) in [5.74, 6) is -0.359. The van der Waals surface area contributed by atoms with Crippen molar-refractivity contribution in [3.05, 3.63) is 70.9 Å². The summed E-state index contributed by atoms with van der Waals surface area (Å²) in [5, 5.41) is 13.4. The SMILES string of the molecule is Cc1cc(C)cc(NC(=O)/C(C#N)=C/c2cn(CC(=O)N3CCCCC3)c3ccccc23)c1. The Labute approximate surface area is 194 Å². The molecule has 4 rings (SSSR count). The normalized spacial score (nSPS) is 14.2. The number of aryl methyl sites for hydroxylation is 2. The van der Waals surface area contributed by atoms with Crippen LogP contribution < -0.4 is 5.32 Å². The fourth-order valence-corrected chi connectivity index (χ4v) is 4.46. The van der Waals surface area contributed by atoms with Gasteiger partial charge in [0.1, 0.15) is 18.2 Å². The molecule has 1 fully saturated rings. The molecule has 0 atom stereocenters. The van der Waals surface area contributed by atoms with Crippen molar-refractivity contribution in [2.24, 2.45) is 0 Å². The molecular weight excluding hydrogens is 412 g/mol. The predicted octanol–water partition coefficient (Wildman–Crippen LogP) is 4.82. The summed E-state index contributed by atoms with van der Waals surface area (Å²) in [6.07, 6.45) is 6.73. The van der Waals surface area contributed by atoms with E-state index in [1.807, 2.05) is 78.0 Å². The standard InChI is InChI=1S/C27H28N4O2/c1-19-12-20(2)14-23(13-19)29-27(33)21(16-28)15-22-17-31(25-9-5-4-8-24(22)25)18-26(32)30-10-6-3-7-11-30/h4-5,8-9,12-15,17H,3,6-7,10-11,18H2,1-2H3,(H,29,33)/b21-15+. The summed E-state index contributed by atoms with van der Waals surface area (Å²) in [7, 11) is 0. The van der Waals surface area contributed by atoms with Crippen molar-refractivity contribution in [1.29, 1.82) is 5.26 Å². The van der Waals surface area contributed by atoms with Crippen LogP contribution in [0.4, 0.5) is 5.69 Å². The molecule has 0 spiro atoms. The minimum atomic E-state index is -0.455. The van der Waals surface area contributed by atoms with Gasteiger partial charge in [0.25, 0.3) is 5.91 Å². The van der Waals surface area contributed by atoms with Crippen molar-refractivity contribution in [3.8, 4) is 6.07 Å². The van der Waals surface area contributed by atoms with Crippen LogP contribution in [0, 0.1) is 25.2 Å². The third-order valence-electron chi connectivity index (χ3n) is 5.98. The number of carbonyl (C=O) groups is 2. The summed E-state index contributed by atoms with van der Waals surface area (Å²) in [6, 6.07) is 15.5. The zero-order valence-corrected chi connectivity index (χ0v) is 19.1. The fourth-order valence-electron chi connectivity index (χ4n) is 4.46.